The molecular formula is C10H10F3NO. The lowest BCUT2D eigenvalue weighted by Crippen LogP contribution is -2.30. The van der Waals surface area contributed by atoms with Crippen LogP contribution < -0.4 is 0 Å². The van der Waals surface area contributed by atoms with Gasteiger partial charge in [0, 0.05) is 18.3 Å². The van der Waals surface area contributed by atoms with E-state index in [2.05, 4.69) is 4.98 Å². The molecule has 0 N–H and O–H groups in total. The smallest absolute Gasteiger partial charge is 0.289 e. The highest BCUT2D eigenvalue weighted by Crippen LogP contribution is 2.22. The maximum Gasteiger partial charge on any atom is 0.450 e. The summed E-state index contributed by atoms with van der Waals surface area (Å²) in [5, 5.41) is 0. The molecule has 0 saturated heterocycles. The molecule has 1 aromatic heterocycles. The summed E-state index contributed by atoms with van der Waals surface area (Å²) in [5.74, 6) is -2.73. The molecule has 0 aliphatic rings. The van der Waals surface area contributed by atoms with Crippen LogP contribution in [0.1, 0.15) is 12.5 Å². The fourth-order valence-corrected chi connectivity index (χ4v) is 1.24. The Hall–Kier alpha value is -1.39. The number of rotatable bonds is 3. The van der Waals surface area contributed by atoms with E-state index in [9.17, 15) is 18.0 Å². The van der Waals surface area contributed by atoms with Crippen molar-refractivity contribution in [2.45, 2.75) is 19.5 Å². The van der Waals surface area contributed by atoms with Crippen molar-refractivity contribution in [1.29, 1.82) is 0 Å². The topological polar surface area (TPSA) is 30.0 Å². The van der Waals surface area contributed by atoms with Crippen molar-refractivity contribution in [3.63, 3.8) is 0 Å². The Kier molecular flexibility index (Phi) is 3.44. The summed E-state index contributed by atoms with van der Waals surface area (Å²) in [7, 11) is 0. The van der Waals surface area contributed by atoms with E-state index in [4.69, 9.17) is 0 Å². The third-order valence-corrected chi connectivity index (χ3v) is 2.02. The molecule has 1 atom stereocenters. The molecule has 0 aromatic carbocycles. The quantitative estimate of drug-likeness (QED) is 0.778. The standard InChI is InChI=1S/C10H10F3NO/c1-7(9(15)10(11,12)13)6-8-2-4-14-5-3-8/h2-5,7H,6H2,1H3. The molecule has 0 aliphatic carbocycles. The van der Waals surface area contributed by atoms with Crippen LogP contribution in [0.15, 0.2) is 24.5 Å². The van der Waals surface area contributed by atoms with Gasteiger partial charge < -0.3 is 0 Å². The summed E-state index contributed by atoms with van der Waals surface area (Å²) in [5.41, 5.74) is 0.676. The molecule has 0 amide bonds. The summed E-state index contributed by atoms with van der Waals surface area (Å²) < 4.78 is 36.1. The molecule has 15 heavy (non-hydrogen) atoms. The average Bonchev–Trinajstić information content (AvgIpc) is 2.16. The van der Waals surface area contributed by atoms with Crippen LogP contribution in [0.2, 0.25) is 0 Å². The second kappa shape index (κ2) is 4.42. The highest BCUT2D eigenvalue weighted by atomic mass is 19.4. The average molecular weight is 217 g/mol. The van der Waals surface area contributed by atoms with E-state index in [0.717, 1.165) is 0 Å². The first-order chi connectivity index (χ1) is 6.91. The van der Waals surface area contributed by atoms with Crippen molar-refractivity contribution < 1.29 is 18.0 Å². The molecule has 0 radical (unpaired) electrons. The molecule has 0 aliphatic heterocycles. The molecule has 0 spiro atoms. The summed E-state index contributed by atoms with van der Waals surface area (Å²) in [6.45, 7) is 1.27. The van der Waals surface area contributed by atoms with Crippen LogP contribution >= 0.6 is 0 Å². The van der Waals surface area contributed by atoms with Crippen LogP contribution in [0.3, 0.4) is 0 Å². The van der Waals surface area contributed by atoms with Gasteiger partial charge >= 0.3 is 6.18 Å². The molecule has 5 heteroatoms. The van der Waals surface area contributed by atoms with E-state index in [-0.39, 0.29) is 6.42 Å². The molecule has 1 rings (SSSR count). The Bertz CT molecular complexity index is 334. The van der Waals surface area contributed by atoms with E-state index >= 15 is 0 Å². The van der Waals surface area contributed by atoms with Gasteiger partial charge in [0.1, 0.15) is 0 Å². The van der Waals surface area contributed by atoms with Gasteiger partial charge in [-0.05, 0) is 24.1 Å². The van der Waals surface area contributed by atoms with Gasteiger partial charge in [-0.25, -0.2) is 0 Å². The highest BCUT2D eigenvalue weighted by molar-refractivity contribution is 5.86. The van der Waals surface area contributed by atoms with E-state index in [1.807, 2.05) is 0 Å². The monoisotopic (exact) mass is 217 g/mol. The minimum Gasteiger partial charge on any atom is -0.289 e. The number of carbonyl (C=O) groups is 1. The fourth-order valence-electron chi connectivity index (χ4n) is 1.24. The van der Waals surface area contributed by atoms with Crippen molar-refractivity contribution in [2.24, 2.45) is 5.92 Å². The zero-order valence-corrected chi connectivity index (χ0v) is 8.08. The Balaban J connectivity index is 2.65. The number of hydrogen-bond donors (Lipinski definition) is 0. The van der Waals surface area contributed by atoms with E-state index in [0.29, 0.717) is 5.56 Å². The minimum absolute atomic E-state index is 0.0842. The van der Waals surface area contributed by atoms with Gasteiger partial charge in [0.15, 0.2) is 0 Å². The van der Waals surface area contributed by atoms with E-state index < -0.39 is 17.9 Å². The SMILES string of the molecule is CC(Cc1ccncc1)C(=O)C(F)(F)F. The van der Waals surface area contributed by atoms with Crippen molar-refractivity contribution >= 4 is 5.78 Å². The lowest BCUT2D eigenvalue weighted by Gasteiger charge is -2.12. The molecular weight excluding hydrogens is 207 g/mol. The van der Waals surface area contributed by atoms with Crippen molar-refractivity contribution in [2.75, 3.05) is 0 Å². The predicted molar refractivity (Wildman–Crippen MR) is 48.2 cm³/mol. The molecule has 82 valence electrons. The van der Waals surface area contributed by atoms with Crippen LogP contribution in [0.4, 0.5) is 13.2 Å². The summed E-state index contributed by atoms with van der Waals surface area (Å²) in [6.07, 6.45) is -1.69. The number of alkyl halides is 3. The van der Waals surface area contributed by atoms with Crippen LogP contribution in [-0.4, -0.2) is 16.9 Å². The van der Waals surface area contributed by atoms with Crippen LogP contribution in [0.5, 0.6) is 0 Å². The lowest BCUT2D eigenvalue weighted by molar-refractivity contribution is -0.175. The maximum absolute atomic E-state index is 12.0. The Morgan fingerprint density at radius 1 is 1.40 bits per heavy atom. The first-order valence-electron chi connectivity index (χ1n) is 4.41. The van der Waals surface area contributed by atoms with Crippen LogP contribution in [-0.2, 0) is 11.2 Å². The first kappa shape index (κ1) is 11.7. The number of ketones is 1. The van der Waals surface area contributed by atoms with E-state index in [1.54, 1.807) is 12.1 Å². The number of halogens is 3. The minimum atomic E-state index is -4.74. The molecule has 1 heterocycles. The highest BCUT2D eigenvalue weighted by Gasteiger charge is 2.41. The van der Waals surface area contributed by atoms with Crippen LogP contribution in [0.25, 0.3) is 0 Å². The third kappa shape index (κ3) is 3.34. The molecule has 0 bridgehead atoms. The maximum atomic E-state index is 12.0. The zero-order valence-electron chi connectivity index (χ0n) is 8.08. The van der Waals surface area contributed by atoms with Crippen molar-refractivity contribution in [3.05, 3.63) is 30.1 Å². The largest absolute Gasteiger partial charge is 0.450 e. The van der Waals surface area contributed by atoms with Crippen LogP contribution in [0, 0.1) is 5.92 Å². The van der Waals surface area contributed by atoms with Crippen molar-refractivity contribution in [1.82, 2.24) is 4.98 Å². The lowest BCUT2D eigenvalue weighted by atomic mass is 9.97. The number of carbonyl (C=O) groups excluding carboxylic acids is 1. The summed E-state index contributed by atoms with van der Waals surface area (Å²) in [4.78, 5) is 14.6. The summed E-state index contributed by atoms with van der Waals surface area (Å²) in [6, 6.07) is 3.19. The Labute approximate surface area is 85.1 Å². The molecule has 0 fully saturated rings. The van der Waals surface area contributed by atoms with Gasteiger partial charge in [-0.2, -0.15) is 13.2 Å². The number of Topliss-reactive ketones (excluding diaryl/α,β-unsaturated/α-hetero) is 1. The number of hydrogen-bond acceptors (Lipinski definition) is 2. The Morgan fingerprint density at radius 3 is 2.40 bits per heavy atom. The number of aromatic nitrogens is 1. The molecule has 1 unspecified atom stereocenters. The fraction of sp³-hybridized carbons (Fsp3) is 0.400. The number of nitrogens with zero attached hydrogens (tertiary/aromatic N) is 1. The van der Waals surface area contributed by atoms with Crippen molar-refractivity contribution in [3.8, 4) is 0 Å². The van der Waals surface area contributed by atoms with Gasteiger partial charge in [-0.15, -0.1) is 0 Å². The van der Waals surface area contributed by atoms with Gasteiger partial charge in [-0.3, -0.25) is 9.78 Å². The second-order valence-electron chi connectivity index (χ2n) is 3.32. The van der Waals surface area contributed by atoms with E-state index in [1.165, 1.54) is 19.3 Å². The van der Waals surface area contributed by atoms with Gasteiger partial charge in [0.25, 0.3) is 0 Å². The zero-order chi connectivity index (χ0) is 11.5. The second-order valence-corrected chi connectivity index (χ2v) is 3.32. The normalized spacial score (nSPS) is 13.6. The molecule has 2 nitrogen and oxygen atoms in total. The van der Waals surface area contributed by atoms with Gasteiger partial charge in [-0.1, -0.05) is 6.92 Å². The molecule has 0 saturated carbocycles. The Morgan fingerprint density at radius 2 is 1.93 bits per heavy atom. The number of pyridine rings is 1. The summed E-state index contributed by atoms with van der Waals surface area (Å²) >= 11 is 0. The van der Waals surface area contributed by atoms with Gasteiger partial charge in [0.05, 0.1) is 0 Å². The third-order valence-electron chi connectivity index (χ3n) is 2.02. The van der Waals surface area contributed by atoms with Gasteiger partial charge in [0.2, 0.25) is 5.78 Å². The molecule has 1 aromatic rings. The first-order valence-corrected chi connectivity index (χ1v) is 4.41. The predicted octanol–water partition coefficient (Wildman–Crippen LogP) is 2.39.